The van der Waals surface area contributed by atoms with Crippen molar-refractivity contribution >= 4 is 16.0 Å². The predicted molar refractivity (Wildman–Crippen MR) is 73.6 cm³/mol. The molecule has 3 rings (SSSR count). The van der Waals surface area contributed by atoms with Crippen LogP contribution in [0.25, 0.3) is 0 Å². The second-order valence-electron chi connectivity index (χ2n) is 5.51. The van der Waals surface area contributed by atoms with Crippen LogP contribution in [0, 0.1) is 6.92 Å². The van der Waals surface area contributed by atoms with Crippen LogP contribution in [0.2, 0.25) is 0 Å². The fraction of sp³-hybridized carbons (Fsp3) is 0.667. The van der Waals surface area contributed by atoms with Gasteiger partial charge in [0, 0.05) is 37.9 Å². The Balaban J connectivity index is 1.82. The number of hydrogen-bond acceptors (Lipinski definition) is 5. The number of sulfonamides is 1. The highest BCUT2D eigenvalue weighted by atomic mass is 32.2. The van der Waals surface area contributed by atoms with Crippen LogP contribution in [0.15, 0.2) is 5.03 Å². The number of carboxylic acid groups (broad SMARTS) is 1. The molecule has 0 amide bonds. The van der Waals surface area contributed by atoms with Gasteiger partial charge in [0.15, 0.2) is 0 Å². The lowest BCUT2D eigenvalue weighted by atomic mass is 10.3. The Hall–Kier alpha value is -1.45. The number of aromatic carboxylic acids is 1. The largest absolute Gasteiger partial charge is 0.478 e. The molecule has 2 N–H and O–H groups in total. The van der Waals surface area contributed by atoms with Gasteiger partial charge in [0.25, 0.3) is 10.0 Å². The maximum Gasteiger partial charge on any atom is 0.340 e. The molecular formula is C12H18N4O4S. The van der Waals surface area contributed by atoms with Crippen LogP contribution >= 0.6 is 0 Å². The van der Waals surface area contributed by atoms with Crippen LogP contribution in [-0.4, -0.2) is 71.1 Å². The zero-order valence-corrected chi connectivity index (χ0v) is 12.6. The summed E-state index contributed by atoms with van der Waals surface area (Å²) in [7, 11) is -3.86. The van der Waals surface area contributed by atoms with E-state index in [4.69, 9.17) is 5.11 Å². The number of aromatic amines is 1. The molecule has 1 aliphatic carbocycles. The van der Waals surface area contributed by atoms with Gasteiger partial charge in [0.05, 0.1) is 0 Å². The number of aromatic nitrogens is 2. The molecule has 1 saturated heterocycles. The van der Waals surface area contributed by atoms with Gasteiger partial charge in [-0.25, -0.2) is 13.2 Å². The van der Waals surface area contributed by atoms with E-state index in [-0.39, 0.29) is 16.3 Å². The minimum Gasteiger partial charge on any atom is -0.478 e. The van der Waals surface area contributed by atoms with Crippen molar-refractivity contribution in [2.45, 2.75) is 30.8 Å². The summed E-state index contributed by atoms with van der Waals surface area (Å²) in [4.78, 5) is 13.5. The molecule has 21 heavy (non-hydrogen) atoms. The van der Waals surface area contributed by atoms with Crippen LogP contribution < -0.4 is 0 Å². The van der Waals surface area contributed by atoms with E-state index in [1.165, 1.54) is 24.1 Å². The van der Waals surface area contributed by atoms with Crippen LogP contribution in [0.4, 0.5) is 0 Å². The summed E-state index contributed by atoms with van der Waals surface area (Å²) < 4.78 is 26.5. The molecule has 0 radical (unpaired) electrons. The second-order valence-corrected chi connectivity index (χ2v) is 7.36. The van der Waals surface area contributed by atoms with Crippen LogP contribution in [0.1, 0.15) is 28.9 Å². The maximum atomic E-state index is 12.6. The maximum absolute atomic E-state index is 12.6. The SMILES string of the molecule is Cc1[nH]nc(S(=O)(=O)N2CCN(C3CC3)CC2)c1C(=O)O. The van der Waals surface area contributed by atoms with Crippen molar-refractivity contribution < 1.29 is 18.3 Å². The minimum absolute atomic E-state index is 0.248. The number of piperazine rings is 1. The number of H-pyrrole nitrogens is 1. The number of hydrogen-bond donors (Lipinski definition) is 2. The van der Waals surface area contributed by atoms with Crippen molar-refractivity contribution in [2.24, 2.45) is 0 Å². The van der Waals surface area contributed by atoms with E-state index in [9.17, 15) is 13.2 Å². The number of carboxylic acids is 1. The molecule has 0 unspecified atom stereocenters. The van der Waals surface area contributed by atoms with Crippen molar-refractivity contribution in [3.63, 3.8) is 0 Å². The first kappa shape index (κ1) is 14.5. The van der Waals surface area contributed by atoms with Gasteiger partial charge in [-0.3, -0.25) is 10.00 Å². The van der Waals surface area contributed by atoms with Gasteiger partial charge in [0.1, 0.15) is 5.56 Å². The van der Waals surface area contributed by atoms with E-state index in [1.54, 1.807) is 0 Å². The van der Waals surface area contributed by atoms with Crippen LogP contribution in [0.3, 0.4) is 0 Å². The molecule has 0 aromatic carbocycles. The summed E-state index contributed by atoms with van der Waals surface area (Å²) in [6, 6.07) is 0.608. The lowest BCUT2D eigenvalue weighted by Gasteiger charge is -2.33. The Bertz CT molecular complexity index is 657. The molecule has 8 nitrogen and oxygen atoms in total. The van der Waals surface area contributed by atoms with Crippen molar-refractivity contribution in [3.05, 3.63) is 11.3 Å². The van der Waals surface area contributed by atoms with Gasteiger partial charge in [-0.2, -0.15) is 9.40 Å². The molecule has 0 bridgehead atoms. The van der Waals surface area contributed by atoms with E-state index in [0.29, 0.717) is 32.2 Å². The predicted octanol–water partition coefficient (Wildman–Crippen LogP) is -0.115. The van der Waals surface area contributed by atoms with Crippen molar-refractivity contribution in [3.8, 4) is 0 Å². The fourth-order valence-electron chi connectivity index (χ4n) is 2.72. The Morgan fingerprint density at radius 3 is 2.43 bits per heavy atom. The van der Waals surface area contributed by atoms with Crippen molar-refractivity contribution in [2.75, 3.05) is 26.2 Å². The smallest absolute Gasteiger partial charge is 0.340 e. The first-order chi connectivity index (χ1) is 9.91. The first-order valence-electron chi connectivity index (χ1n) is 6.93. The lowest BCUT2D eigenvalue weighted by Crippen LogP contribution is -2.49. The number of rotatable bonds is 4. The standard InChI is InChI=1S/C12H18N4O4S/c1-8-10(12(17)18)11(14-13-8)21(19,20)16-6-4-15(5-7-16)9-2-3-9/h9H,2-7H2,1H3,(H,13,14)(H,17,18). The van der Waals surface area contributed by atoms with Gasteiger partial charge in [0.2, 0.25) is 5.03 Å². The Kier molecular flexibility index (Phi) is 3.50. The molecule has 2 fully saturated rings. The molecule has 1 aromatic rings. The zero-order valence-electron chi connectivity index (χ0n) is 11.7. The minimum atomic E-state index is -3.86. The highest BCUT2D eigenvalue weighted by molar-refractivity contribution is 7.89. The summed E-state index contributed by atoms with van der Waals surface area (Å²) in [6.45, 7) is 3.64. The topological polar surface area (TPSA) is 107 Å². The van der Waals surface area contributed by atoms with Gasteiger partial charge in [-0.05, 0) is 19.8 Å². The number of nitrogens with zero attached hydrogens (tertiary/aromatic N) is 3. The molecule has 9 heteroatoms. The zero-order chi connectivity index (χ0) is 15.2. The van der Waals surface area contributed by atoms with Crippen molar-refractivity contribution in [1.29, 1.82) is 0 Å². The summed E-state index contributed by atoms with van der Waals surface area (Å²) >= 11 is 0. The third-order valence-corrected chi connectivity index (χ3v) is 5.88. The molecule has 2 aliphatic rings. The fourth-order valence-corrected chi connectivity index (χ4v) is 4.26. The number of nitrogens with one attached hydrogen (secondary N) is 1. The summed E-state index contributed by atoms with van der Waals surface area (Å²) in [5, 5.41) is 14.9. The molecule has 1 aromatic heterocycles. The van der Waals surface area contributed by atoms with E-state index >= 15 is 0 Å². The van der Waals surface area contributed by atoms with Gasteiger partial charge < -0.3 is 5.11 Å². The summed E-state index contributed by atoms with van der Waals surface area (Å²) in [5.41, 5.74) is -0.0164. The van der Waals surface area contributed by atoms with E-state index in [0.717, 1.165) is 0 Å². The molecule has 1 saturated carbocycles. The average molecular weight is 314 g/mol. The van der Waals surface area contributed by atoms with Crippen molar-refractivity contribution in [1.82, 2.24) is 19.4 Å². The summed E-state index contributed by atoms with van der Waals surface area (Å²) in [5.74, 6) is -1.28. The Morgan fingerprint density at radius 1 is 1.29 bits per heavy atom. The Morgan fingerprint density at radius 2 is 1.90 bits per heavy atom. The third kappa shape index (κ3) is 2.56. The van der Waals surface area contributed by atoms with E-state index in [2.05, 4.69) is 15.1 Å². The van der Waals surface area contributed by atoms with Gasteiger partial charge in [-0.1, -0.05) is 0 Å². The average Bonchev–Trinajstić information content (AvgIpc) is 3.21. The number of carbonyl (C=O) groups is 1. The monoisotopic (exact) mass is 314 g/mol. The highest BCUT2D eigenvalue weighted by Crippen LogP contribution is 2.29. The number of aryl methyl sites for hydroxylation is 1. The normalized spacial score (nSPS) is 21.6. The third-order valence-electron chi connectivity index (χ3n) is 4.05. The highest BCUT2D eigenvalue weighted by Gasteiger charge is 2.37. The molecule has 116 valence electrons. The molecule has 2 heterocycles. The molecular weight excluding hydrogens is 296 g/mol. The Labute approximate surface area is 122 Å². The van der Waals surface area contributed by atoms with Gasteiger partial charge in [-0.15, -0.1) is 0 Å². The van der Waals surface area contributed by atoms with Gasteiger partial charge >= 0.3 is 5.97 Å². The lowest BCUT2D eigenvalue weighted by molar-refractivity contribution is 0.0691. The first-order valence-corrected chi connectivity index (χ1v) is 8.37. The summed E-state index contributed by atoms with van der Waals surface area (Å²) in [6.07, 6.45) is 2.38. The molecule has 0 spiro atoms. The quantitative estimate of drug-likeness (QED) is 0.803. The molecule has 0 atom stereocenters. The van der Waals surface area contributed by atoms with Crippen LogP contribution in [0.5, 0.6) is 0 Å². The molecule has 1 aliphatic heterocycles. The van der Waals surface area contributed by atoms with E-state index in [1.807, 2.05) is 0 Å². The van der Waals surface area contributed by atoms with E-state index < -0.39 is 16.0 Å². The van der Waals surface area contributed by atoms with Crippen LogP contribution in [-0.2, 0) is 10.0 Å². The second kappa shape index (κ2) is 5.08.